The molecule has 10 nitrogen and oxygen atoms in total. The molecule has 1 aliphatic heterocycles. The van der Waals surface area contributed by atoms with Gasteiger partial charge in [0.1, 0.15) is 24.3 Å². The summed E-state index contributed by atoms with van der Waals surface area (Å²) in [4.78, 5) is 24.8. The normalized spacial score (nSPS) is 16.4. The van der Waals surface area contributed by atoms with E-state index in [1.807, 2.05) is 7.05 Å². The van der Waals surface area contributed by atoms with Crippen molar-refractivity contribution in [3.05, 3.63) is 65.0 Å². The quantitative estimate of drug-likeness (QED) is 0.261. The Morgan fingerprint density at radius 3 is 2.63 bits per heavy atom. The van der Waals surface area contributed by atoms with Crippen molar-refractivity contribution in [3.63, 3.8) is 0 Å². The van der Waals surface area contributed by atoms with Gasteiger partial charge in [0, 0.05) is 45.0 Å². The Kier molecular flexibility index (Phi) is 13.8. The number of amides is 2. The summed E-state index contributed by atoms with van der Waals surface area (Å²) < 4.78 is 41.5. The number of carbonyl (C=O) groups excluding carboxylic acids is 2. The molecule has 0 spiro atoms. The number of hydrogen-bond acceptors (Lipinski definition) is 8. The molecule has 0 aromatic heterocycles. The lowest BCUT2D eigenvalue weighted by Crippen LogP contribution is -2.41. The van der Waals surface area contributed by atoms with E-state index in [0.717, 1.165) is 32.5 Å². The molecule has 11 heteroatoms. The number of likely N-dealkylation sites (N-methyl/N-ethyl adjacent to an activating group) is 1. The molecule has 3 N–H and O–H groups in total. The average Bonchev–Trinajstić information content (AvgIpc) is 2.99. The number of nitrogens with one attached hydrogen (secondary N) is 3. The first-order chi connectivity index (χ1) is 19.9. The lowest BCUT2D eigenvalue weighted by molar-refractivity contribution is 0.0478. The predicted molar refractivity (Wildman–Crippen MR) is 152 cm³/mol. The molecular weight excluding hydrogens is 533 g/mol. The molecule has 0 aliphatic carbocycles. The number of methoxy groups -OCH3 is 2. The third-order valence-corrected chi connectivity index (χ3v) is 6.83. The van der Waals surface area contributed by atoms with Gasteiger partial charge in [0.2, 0.25) is 0 Å². The Morgan fingerprint density at radius 1 is 1.07 bits per heavy atom. The van der Waals surface area contributed by atoms with Crippen LogP contribution in [0, 0.1) is 11.7 Å². The molecule has 1 aliphatic rings. The Morgan fingerprint density at radius 2 is 1.93 bits per heavy atom. The van der Waals surface area contributed by atoms with Crippen LogP contribution in [-0.2, 0) is 18.9 Å². The van der Waals surface area contributed by atoms with Crippen LogP contribution >= 0.6 is 0 Å². The Bertz CT molecular complexity index is 1100. The van der Waals surface area contributed by atoms with E-state index in [2.05, 4.69) is 20.7 Å². The number of carbonyl (C=O) groups is 2. The maximum atomic E-state index is 14.2. The van der Waals surface area contributed by atoms with Gasteiger partial charge in [0.15, 0.2) is 0 Å². The highest BCUT2D eigenvalue weighted by molar-refractivity contribution is 5.94. The van der Waals surface area contributed by atoms with E-state index in [4.69, 9.17) is 18.9 Å². The zero-order valence-corrected chi connectivity index (χ0v) is 24.1. The van der Waals surface area contributed by atoms with E-state index in [0.29, 0.717) is 41.5 Å². The molecule has 226 valence electrons. The van der Waals surface area contributed by atoms with Crippen LogP contribution in [0.3, 0.4) is 0 Å². The van der Waals surface area contributed by atoms with Gasteiger partial charge in [0.25, 0.3) is 5.91 Å². The number of rotatable bonds is 16. The van der Waals surface area contributed by atoms with Crippen molar-refractivity contribution in [2.45, 2.75) is 31.4 Å². The van der Waals surface area contributed by atoms with E-state index >= 15 is 0 Å². The molecule has 0 bridgehead atoms. The van der Waals surface area contributed by atoms with Crippen molar-refractivity contribution in [1.29, 1.82) is 0 Å². The largest absolute Gasteiger partial charge is 0.491 e. The summed E-state index contributed by atoms with van der Waals surface area (Å²) in [7, 11) is 4.74. The van der Waals surface area contributed by atoms with E-state index < -0.39 is 18.0 Å². The standard InChI is InChI=1S/C30H42FN3O7/c1-32-26(14-21-6-5-10-39-20-21)19-34-29(35)24-15-23(17-27(18-24)40-13-12-37-2)28(22-7-4-8-25(31)16-22)41-11-9-33-30(36)38-3/h4,7-8,15-18,21,26,28,32H,5-6,9-14,19-20H2,1-3H3,(H,33,36)(H,34,35)/t21-,26?,28?/m1/s1. The molecule has 3 atom stereocenters. The summed E-state index contributed by atoms with van der Waals surface area (Å²) in [6.07, 6.45) is 1.75. The number of alkyl carbamates (subject to hydrolysis) is 1. The van der Waals surface area contributed by atoms with Gasteiger partial charge in [-0.1, -0.05) is 12.1 Å². The smallest absolute Gasteiger partial charge is 0.406 e. The zero-order valence-electron chi connectivity index (χ0n) is 24.1. The second-order valence-electron chi connectivity index (χ2n) is 9.87. The van der Waals surface area contributed by atoms with Gasteiger partial charge in [-0.15, -0.1) is 0 Å². The lowest BCUT2D eigenvalue weighted by Gasteiger charge is -2.26. The molecule has 0 radical (unpaired) electrons. The van der Waals surface area contributed by atoms with Crippen molar-refractivity contribution in [2.75, 3.05) is 67.4 Å². The summed E-state index contributed by atoms with van der Waals surface area (Å²) in [6.45, 7) is 2.93. The fourth-order valence-corrected chi connectivity index (χ4v) is 4.70. The molecule has 41 heavy (non-hydrogen) atoms. The van der Waals surface area contributed by atoms with E-state index in [1.54, 1.807) is 37.4 Å². The number of hydrogen-bond donors (Lipinski definition) is 3. The molecule has 2 unspecified atom stereocenters. The lowest BCUT2D eigenvalue weighted by atomic mass is 9.94. The van der Waals surface area contributed by atoms with Crippen LogP contribution in [0.1, 0.15) is 46.9 Å². The van der Waals surface area contributed by atoms with Crippen LogP contribution in [0.15, 0.2) is 42.5 Å². The van der Waals surface area contributed by atoms with Crippen LogP contribution in [0.5, 0.6) is 5.75 Å². The summed E-state index contributed by atoms with van der Waals surface area (Å²) in [5, 5.41) is 8.89. The first kappa shape index (κ1) is 32.3. The molecule has 3 rings (SSSR count). The zero-order chi connectivity index (χ0) is 29.5. The number of halogens is 1. The Hall–Kier alpha value is -3.25. The Labute approximate surface area is 241 Å². The Balaban J connectivity index is 1.81. The van der Waals surface area contributed by atoms with E-state index in [9.17, 15) is 14.0 Å². The van der Waals surface area contributed by atoms with E-state index in [-0.39, 0.29) is 31.7 Å². The fourth-order valence-electron chi connectivity index (χ4n) is 4.70. The predicted octanol–water partition coefficient (Wildman–Crippen LogP) is 3.45. The molecular formula is C30H42FN3O7. The van der Waals surface area contributed by atoms with Gasteiger partial charge in [-0.3, -0.25) is 4.79 Å². The molecule has 2 aromatic carbocycles. The summed E-state index contributed by atoms with van der Waals surface area (Å²) in [5.41, 5.74) is 1.52. The number of ether oxygens (including phenoxy) is 5. The monoisotopic (exact) mass is 575 g/mol. The molecule has 0 saturated carbocycles. The van der Waals surface area contributed by atoms with Crippen molar-refractivity contribution in [3.8, 4) is 5.75 Å². The topological polar surface area (TPSA) is 116 Å². The summed E-state index contributed by atoms with van der Waals surface area (Å²) >= 11 is 0. The summed E-state index contributed by atoms with van der Waals surface area (Å²) in [5.74, 6) is 0.219. The highest BCUT2D eigenvalue weighted by atomic mass is 19.1. The van der Waals surface area contributed by atoms with Crippen LogP contribution in [-0.4, -0.2) is 85.4 Å². The third kappa shape index (κ3) is 10.9. The van der Waals surface area contributed by atoms with Crippen molar-refractivity contribution >= 4 is 12.0 Å². The van der Waals surface area contributed by atoms with Crippen molar-refractivity contribution in [2.24, 2.45) is 5.92 Å². The third-order valence-electron chi connectivity index (χ3n) is 6.83. The second-order valence-corrected chi connectivity index (χ2v) is 9.87. The first-order valence-electron chi connectivity index (χ1n) is 13.9. The molecule has 2 amide bonds. The molecule has 2 aromatic rings. The van der Waals surface area contributed by atoms with Crippen LogP contribution in [0.25, 0.3) is 0 Å². The van der Waals surface area contributed by atoms with Gasteiger partial charge in [0.05, 0.1) is 20.3 Å². The van der Waals surface area contributed by atoms with Crippen LogP contribution < -0.4 is 20.7 Å². The average molecular weight is 576 g/mol. The maximum Gasteiger partial charge on any atom is 0.406 e. The number of benzene rings is 2. The molecule has 1 fully saturated rings. The van der Waals surface area contributed by atoms with Gasteiger partial charge in [-0.05, 0) is 73.7 Å². The minimum Gasteiger partial charge on any atom is -0.491 e. The van der Waals surface area contributed by atoms with Crippen LogP contribution in [0.4, 0.5) is 9.18 Å². The highest BCUT2D eigenvalue weighted by Crippen LogP contribution is 2.31. The first-order valence-corrected chi connectivity index (χ1v) is 13.9. The van der Waals surface area contributed by atoms with Crippen molar-refractivity contribution in [1.82, 2.24) is 16.0 Å². The van der Waals surface area contributed by atoms with Gasteiger partial charge in [-0.25, -0.2) is 9.18 Å². The van der Waals surface area contributed by atoms with Crippen LogP contribution in [0.2, 0.25) is 0 Å². The van der Waals surface area contributed by atoms with Crippen molar-refractivity contribution < 1.29 is 37.7 Å². The molecule has 1 heterocycles. The maximum absolute atomic E-state index is 14.2. The van der Waals surface area contributed by atoms with Gasteiger partial charge < -0.3 is 39.6 Å². The fraction of sp³-hybridized carbons (Fsp3) is 0.533. The molecule has 1 saturated heterocycles. The second kappa shape index (κ2) is 17.5. The van der Waals surface area contributed by atoms with Gasteiger partial charge in [-0.2, -0.15) is 0 Å². The van der Waals surface area contributed by atoms with E-state index in [1.165, 1.54) is 19.2 Å². The summed E-state index contributed by atoms with van der Waals surface area (Å²) in [6, 6.07) is 11.3. The van der Waals surface area contributed by atoms with Gasteiger partial charge >= 0.3 is 6.09 Å². The SMILES string of the molecule is CNC(CNC(=O)c1cc(OCCOC)cc(C(OCCNC(=O)OC)c2cccc(F)c2)c1)C[C@H]1CCCOC1. The minimum atomic E-state index is -0.737. The minimum absolute atomic E-state index is 0.0944. The highest BCUT2D eigenvalue weighted by Gasteiger charge is 2.22.